The number of nitrogens with one attached hydrogen (secondary N) is 2. The van der Waals surface area contributed by atoms with Crippen LogP contribution in [0.25, 0.3) is 22.2 Å². The summed E-state index contributed by atoms with van der Waals surface area (Å²) in [6, 6.07) is 26.7. The Bertz CT molecular complexity index is 1920. The fourth-order valence-corrected chi connectivity index (χ4v) is 5.64. The average Bonchev–Trinajstić information content (AvgIpc) is 3.04. The summed E-state index contributed by atoms with van der Waals surface area (Å²) in [5, 5.41) is 16.0. The van der Waals surface area contributed by atoms with Gasteiger partial charge >= 0.3 is 6.03 Å². The first-order valence-corrected chi connectivity index (χ1v) is 15.2. The van der Waals surface area contributed by atoms with Crippen LogP contribution < -0.4 is 16.2 Å². The number of anilines is 2. The van der Waals surface area contributed by atoms with Crippen molar-refractivity contribution >= 4 is 28.4 Å². The van der Waals surface area contributed by atoms with Gasteiger partial charge in [-0.1, -0.05) is 100 Å². The highest BCUT2D eigenvalue weighted by Crippen LogP contribution is 2.35. The van der Waals surface area contributed by atoms with E-state index in [0.717, 1.165) is 27.8 Å². The van der Waals surface area contributed by atoms with Crippen molar-refractivity contribution in [1.82, 2.24) is 9.55 Å². The smallest absolute Gasteiger partial charge is 0.323 e. The number of hydrogen-bond acceptors (Lipinski definition) is 4. The largest absolute Gasteiger partial charge is 0.384 e. The predicted molar refractivity (Wildman–Crippen MR) is 183 cm³/mol. The highest BCUT2D eigenvalue weighted by atomic mass is 16.2. The molecule has 0 aliphatic rings. The summed E-state index contributed by atoms with van der Waals surface area (Å²) in [5.41, 5.74) is 6.16. The number of aliphatic hydroxyl groups excluding tert-OH is 1. The van der Waals surface area contributed by atoms with Crippen molar-refractivity contribution in [3.05, 3.63) is 124 Å². The zero-order chi connectivity index (χ0) is 31.9. The fourth-order valence-electron chi connectivity index (χ4n) is 5.64. The molecule has 0 bridgehead atoms. The van der Waals surface area contributed by atoms with Gasteiger partial charge in [-0.2, -0.15) is 0 Å². The van der Waals surface area contributed by atoms with Crippen LogP contribution in [0.1, 0.15) is 61.8 Å². The maximum absolute atomic E-state index is 14.4. The molecular formula is C38H38N4O3. The van der Waals surface area contributed by atoms with Gasteiger partial charge in [-0.05, 0) is 64.8 Å². The average molecular weight is 599 g/mol. The van der Waals surface area contributed by atoms with Crippen LogP contribution >= 0.6 is 0 Å². The lowest BCUT2D eigenvalue weighted by atomic mass is 9.93. The Kier molecular flexibility index (Phi) is 9.76. The lowest BCUT2D eigenvalue weighted by molar-refractivity contribution is 0.262. The number of para-hydroxylation sites is 1. The Morgan fingerprint density at radius 1 is 0.867 bits per heavy atom. The van der Waals surface area contributed by atoms with E-state index in [-0.39, 0.29) is 29.7 Å². The lowest BCUT2D eigenvalue weighted by Gasteiger charge is -2.22. The molecule has 7 nitrogen and oxygen atoms in total. The van der Waals surface area contributed by atoms with Crippen molar-refractivity contribution in [2.45, 2.75) is 52.5 Å². The topological polar surface area (TPSA) is 96.2 Å². The predicted octanol–water partition coefficient (Wildman–Crippen LogP) is 7.54. The number of carbonyl (C=O) groups is 1. The maximum atomic E-state index is 14.4. The molecule has 0 aliphatic heterocycles. The minimum atomic E-state index is -0.502. The van der Waals surface area contributed by atoms with Crippen LogP contribution in [0.3, 0.4) is 0 Å². The Morgan fingerprint density at radius 3 is 2.24 bits per heavy atom. The molecule has 3 aromatic carbocycles. The quantitative estimate of drug-likeness (QED) is 0.161. The number of rotatable bonds is 8. The SMILES string of the molecule is CC(C)c1cccc(C(C)C)c1NC(=O)Nc1c(-c2cccc(C#CCO)c2)c2cccnc2n(CCc2ccccc2)c1=O. The standard InChI is InChI=1S/C38H38N4O3/c1-25(2)30-17-9-18-31(26(3)4)34(30)40-38(45)41-35-33(29-16-8-14-28(24-29)15-11-23-43)32-19-10-21-39-36(32)42(37(35)44)22-20-27-12-6-5-7-13-27/h5-10,12-14,16-19,21,24-26,43H,20,22-23H2,1-4H3,(H2,40,41,45). The Morgan fingerprint density at radius 2 is 1.56 bits per heavy atom. The van der Waals surface area contributed by atoms with E-state index in [4.69, 9.17) is 0 Å². The first-order valence-electron chi connectivity index (χ1n) is 15.2. The molecule has 0 aliphatic carbocycles. The number of aliphatic hydroxyl groups is 1. The van der Waals surface area contributed by atoms with Crippen LogP contribution in [0, 0.1) is 11.8 Å². The highest BCUT2D eigenvalue weighted by molar-refractivity contribution is 6.07. The van der Waals surface area contributed by atoms with Crippen molar-refractivity contribution in [2.24, 2.45) is 0 Å². The Hall–Kier alpha value is -5.19. The van der Waals surface area contributed by atoms with Crippen LogP contribution in [0.15, 0.2) is 95.9 Å². The number of benzene rings is 3. The van der Waals surface area contributed by atoms with Gasteiger partial charge in [0, 0.05) is 34.9 Å². The van der Waals surface area contributed by atoms with Crippen LogP contribution in [0.2, 0.25) is 0 Å². The Balaban J connectivity index is 1.67. The summed E-state index contributed by atoms with van der Waals surface area (Å²) < 4.78 is 1.64. The summed E-state index contributed by atoms with van der Waals surface area (Å²) >= 11 is 0. The van der Waals surface area contributed by atoms with E-state index in [0.29, 0.717) is 35.3 Å². The number of hydrogen-bond donors (Lipinski definition) is 3. The molecule has 7 heteroatoms. The second kappa shape index (κ2) is 14.1. The van der Waals surface area contributed by atoms with E-state index < -0.39 is 6.03 Å². The molecule has 0 saturated carbocycles. The molecule has 0 saturated heterocycles. The number of fused-ring (bicyclic) bond motifs is 1. The van der Waals surface area contributed by atoms with Gasteiger partial charge in [0.2, 0.25) is 0 Å². The van der Waals surface area contributed by atoms with Crippen LogP contribution in [0.4, 0.5) is 16.2 Å². The van der Waals surface area contributed by atoms with Gasteiger partial charge in [0.05, 0.1) is 0 Å². The summed E-state index contributed by atoms with van der Waals surface area (Å²) in [6.45, 7) is 8.48. The number of carbonyl (C=O) groups excluding carboxylic acids is 1. The van der Waals surface area contributed by atoms with Crippen molar-refractivity contribution < 1.29 is 9.90 Å². The van der Waals surface area contributed by atoms with E-state index in [1.54, 1.807) is 10.8 Å². The maximum Gasteiger partial charge on any atom is 0.323 e. The summed E-state index contributed by atoms with van der Waals surface area (Å²) in [5.74, 6) is 5.99. The first-order chi connectivity index (χ1) is 21.8. The second-order valence-corrected chi connectivity index (χ2v) is 11.6. The minimum Gasteiger partial charge on any atom is -0.384 e. The highest BCUT2D eigenvalue weighted by Gasteiger charge is 2.23. The monoisotopic (exact) mass is 598 g/mol. The van der Waals surface area contributed by atoms with Gasteiger partial charge in [0.1, 0.15) is 17.9 Å². The molecule has 2 heterocycles. The van der Waals surface area contributed by atoms with Crippen LogP contribution in [-0.4, -0.2) is 27.3 Å². The molecular weight excluding hydrogens is 560 g/mol. The minimum absolute atomic E-state index is 0.154. The van der Waals surface area contributed by atoms with E-state index in [2.05, 4.69) is 55.2 Å². The Labute approximate surface area is 264 Å². The van der Waals surface area contributed by atoms with E-state index in [1.807, 2.05) is 84.9 Å². The zero-order valence-electron chi connectivity index (χ0n) is 26.1. The normalized spacial score (nSPS) is 11.0. The molecule has 3 N–H and O–H groups in total. The number of pyridine rings is 2. The summed E-state index contributed by atoms with van der Waals surface area (Å²) in [7, 11) is 0. The van der Waals surface area contributed by atoms with Gasteiger partial charge in [-0.15, -0.1) is 0 Å². The van der Waals surface area contributed by atoms with Crippen molar-refractivity contribution in [3.8, 4) is 23.0 Å². The molecule has 0 radical (unpaired) electrons. The number of aromatic nitrogens is 2. The molecule has 0 spiro atoms. The van der Waals surface area contributed by atoms with E-state index in [1.165, 1.54) is 0 Å². The molecule has 5 aromatic rings. The molecule has 0 atom stereocenters. The number of urea groups is 1. The molecule has 0 unspecified atom stereocenters. The third kappa shape index (κ3) is 6.98. The van der Waals surface area contributed by atoms with E-state index >= 15 is 0 Å². The van der Waals surface area contributed by atoms with Gasteiger partial charge in [-0.25, -0.2) is 9.78 Å². The lowest BCUT2D eigenvalue weighted by Crippen LogP contribution is -2.30. The van der Waals surface area contributed by atoms with E-state index in [9.17, 15) is 14.7 Å². The van der Waals surface area contributed by atoms with Crippen LogP contribution in [-0.2, 0) is 13.0 Å². The van der Waals surface area contributed by atoms with Crippen LogP contribution in [0.5, 0.6) is 0 Å². The summed E-state index contributed by atoms with van der Waals surface area (Å²) in [6.07, 6.45) is 2.28. The molecule has 45 heavy (non-hydrogen) atoms. The third-order valence-electron chi connectivity index (χ3n) is 7.80. The van der Waals surface area contributed by atoms with Crippen molar-refractivity contribution in [3.63, 3.8) is 0 Å². The van der Waals surface area contributed by atoms with Gasteiger partial charge in [-0.3, -0.25) is 9.36 Å². The van der Waals surface area contributed by atoms with Gasteiger partial charge in [0.15, 0.2) is 0 Å². The summed E-state index contributed by atoms with van der Waals surface area (Å²) in [4.78, 5) is 32.9. The molecule has 0 fully saturated rings. The molecule has 2 amide bonds. The number of amides is 2. The van der Waals surface area contributed by atoms with Crippen molar-refractivity contribution in [1.29, 1.82) is 0 Å². The van der Waals surface area contributed by atoms with Gasteiger partial charge < -0.3 is 15.7 Å². The molecule has 228 valence electrons. The third-order valence-corrected chi connectivity index (χ3v) is 7.80. The first kappa shape index (κ1) is 31.2. The fraction of sp³-hybridized carbons (Fsp3) is 0.237. The van der Waals surface area contributed by atoms with Crippen molar-refractivity contribution in [2.75, 3.05) is 17.2 Å². The second-order valence-electron chi connectivity index (χ2n) is 11.6. The molecule has 2 aromatic heterocycles. The molecule has 5 rings (SSSR count). The zero-order valence-corrected chi connectivity index (χ0v) is 26.1. The number of nitrogens with zero attached hydrogens (tertiary/aromatic N) is 2. The number of aryl methyl sites for hydroxylation is 2. The van der Waals surface area contributed by atoms with Gasteiger partial charge in [0.25, 0.3) is 5.56 Å².